The molecule has 0 amide bonds. The highest BCUT2D eigenvalue weighted by Crippen LogP contribution is 2.14. The Morgan fingerprint density at radius 3 is 2.43 bits per heavy atom. The molecule has 0 saturated carbocycles. The number of hydrogen-bond donors (Lipinski definition) is 1. The molecule has 0 spiro atoms. The number of likely N-dealkylation sites (N-methyl/N-ethyl adjacent to an activating group) is 1. The maximum Gasteiger partial charge on any atom is 0.323 e. The zero-order valence-electron chi connectivity index (χ0n) is 9.70. The topological polar surface area (TPSA) is 49.8 Å². The lowest BCUT2D eigenvalue weighted by molar-refractivity contribution is -0.148. The van der Waals surface area contributed by atoms with Gasteiger partial charge in [-0.3, -0.25) is 9.69 Å². The fourth-order valence-electron chi connectivity index (χ4n) is 1.20. The van der Waals surface area contributed by atoms with Gasteiger partial charge in [-0.25, -0.2) is 0 Å². The van der Waals surface area contributed by atoms with E-state index in [2.05, 4.69) is 0 Å². The first-order valence-electron chi connectivity index (χ1n) is 4.76. The van der Waals surface area contributed by atoms with Gasteiger partial charge in [0.15, 0.2) is 0 Å². The van der Waals surface area contributed by atoms with Crippen LogP contribution in [0.25, 0.3) is 0 Å². The van der Waals surface area contributed by atoms with Crippen LogP contribution in [0.15, 0.2) is 0 Å². The van der Waals surface area contributed by atoms with E-state index >= 15 is 0 Å². The second kappa shape index (κ2) is 5.32. The van der Waals surface area contributed by atoms with Crippen LogP contribution in [0.5, 0.6) is 0 Å². The molecular weight excluding hydrogens is 182 g/mol. The van der Waals surface area contributed by atoms with Gasteiger partial charge >= 0.3 is 5.97 Å². The minimum Gasteiger partial charge on any atom is -0.480 e. The molecule has 0 heterocycles. The first kappa shape index (κ1) is 13.4. The molecule has 4 heteroatoms. The lowest BCUT2D eigenvalue weighted by atomic mass is 10.0. The molecule has 0 aliphatic rings. The molecule has 14 heavy (non-hydrogen) atoms. The highest BCUT2D eigenvalue weighted by molar-refractivity contribution is 5.77. The first-order chi connectivity index (χ1) is 6.32. The van der Waals surface area contributed by atoms with Crippen LogP contribution in [0.2, 0.25) is 0 Å². The number of carboxylic acid groups (broad SMARTS) is 1. The Hall–Kier alpha value is -0.610. The molecule has 0 aliphatic carbocycles. The lowest BCUT2D eigenvalue weighted by Crippen LogP contribution is -2.49. The van der Waals surface area contributed by atoms with Gasteiger partial charge in [0, 0.05) is 20.3 Å². The van der Waals surface area contributed by atoms with Crippen molar-refractivity contribution in [3.8, 4) is 0 Å². The summed E-state index contributed by atoms with van der Waals surface area (Å²) in [5.74, 6) is -0.465. The maximum absolute atomic E-state index is 10.9. The largest absolute Gasteiger partial charge is 0.480 e. The Bertz CT molecular complexity index is 192. The molecule has 0 saturated heterocycles. The van der Waals surface area contributed by atoms with Crippen molar-refractivity contribution < 1.29 is 14.6 Å². The number of nitrogens with zero attached hydrogens (tertiary/aromatic N) is 1. The van der Waals surface area contributed by atoms with Gasteiger partial charge in [0.25, 0.3) is 0 Å². The van der Waals surface area contributed by atoms with E-state index in [1.165, 1.54) is 0 Å². The van der Waals surface area contributed by atoms with Crippen LogP contribution < -0.4 is 0 Å². The van der Waals surface area contributed by atoms with Crippen LogP contribution in [-0.4, -0.2) is 48.8 Å². The number of ether oxygens (including phenoxy) is 1. The highest BCUT2D eigenvalue weighted by atomic mass is 16.5. The minimum atomic E-state index is -0.817. The summed E-state index contributed by atoms with van der Waals surface area (Å²) in [6.07, 6.45) is 0. The summed E-state index contributed by atoms with van der Waals surface area (Å²) >= 11 is 0. The van der Waals surface area contributed by atoms with E-state index in [1.54, 1.807) is 21.0 Å². The minimum absolute atomic E-state index is 0.337. The zero-order valence-corrected chi connectivity index (χ0v) is 9.70. The van der Waals surface area contributed by atoms with Crippen molar-refractivity contribution in [2.45, 2.75) is 26.3 Å². The molecule has 84 valence electrons. The summed E-state index contributed by atoms with van der Waals surface area (Å²) in [5.41, 5.74) is -0.817. The maximum atomic E-state index is 10.9. The number of aliphatic carboxylic acids is 1. The third kappa shape index (κ3) is 3.64. The van der Waals surface area contributed by atoms with Crippen molar-refractivity contribution in [3.05, 3.63) is 0 Å². The third-order valence-corrected chi connectivity index (χ3v) is 2.51. The van der Waals surface area contributed by atoms with Crippen molar-refractivity contribution in [3.63, 3.8) is 0 Å². The van der Waals surface area contributed by atoms with Gasteiger partial charge in [-0.05, 0) is 26.8 Å². The van der Waals surface area contributed by atoms with Gasteiger partial charge in [0.1, 0.15) is 5.54 Å². The summed E-state index contributed by atoms with van der Waals surface area (Å²) in [7, 11) is 3.47. The number of rotatable bonds is 6. The fraction of sp³-hybridized carbons (Fsp3) is 0.900. The van der Waals surface area contributed by atoms with Crippen molar-refractivity contribution in [2.24, 2.45) is 5.92 Å². The van der Waals surface area contributed by atoms with Crippen molar-refractivity contribution in [2.75, 3.05) is 27.3 Å². The Balaban J connectivity index is 4.19. The molecule has 1 atom stereocenters. The second-order valence-electron chi connectivity index (χ2n) is 4.31. The van der Waals surface area contributed by atoms with E-state index in [0.29, 0.717) is 19.1 Å². The Labute approximate surface area is 85.9 Å². The molecule has 0 aliphatic heterocycles. The molecule has 0 aromatic rings. The molecule has 1 N–H and O–H groups in total. The van der Waals surface area contributed by atoms with Gasteiger partial charge < -0.3 is 9.84 Å². The van der Waals surface area contributed by atoms with Crippen LogP contribution in [0.1, 0.15) is 20.8 Å². The Kier molecular flexibility index (Phi) is 5.08. The van der Waals surface area contributed by atoms with E-state index in [0.717, 1.165) is 0 Å². The smallest absolute Gasteiger partial charge is 0.323 e. The van der Waals surface area contributed by atoms with Gasteiger partial charge in [-0.15, -0.1) is 0 Å². The molecule has 0 rings (SSSR count). The molecule has 0 fully saturated rings. The summed E-state index contributed by atoms with van der Waals surface area (Å²) in [5, 5.41) is 8.98. The molecule has 0 aromatic heterocycles. The van der Waals surface area contributed by atoms with Crippen LogP contribution in [0.3, 0.4) is 0 Å². The summed E-state index contributed by atoms with van der Waals surface area (Å²) in [4.78, 5) is 12.8. The number of methoxy groups -OCH3 is 1. The molecule has 0 bridgehead atoms. The quantitative estimate of drug-likeness (QED) is 0.701. The zero-order chi connectivity index (χ0) is 11.4. The average Bonchev–Trinajstić information content (AvgIpc) is 2.03. The van der Waals surface area contributed by atoms with Crippen LogP contribution in [-0.2, 0) is 9.53 Å². The van der Waals surface area contributed by atoms with Crippen LogP contribution >= 0.6 is 0 Å². The molecule has 0 radical (unpaired) electrons. The van der Waals surface area contributed by atoms with E-state index in [9.17, 15) is 4.79 Å². The van der Waals surface area contributed by atoms with Gasteiger partial charge in [0.2, 0.25) is 0 Å². The van der Waals surface area contributed by atoms with Crippen molar-refractivity contribution >= 4 is 5.97 Å². The van der Waals surface area contributed by atoms with Crippen LogP contribution in [0.4, 0.5) is 0 Å². The highest BCUT2D eigenvalue weighted by Gasteiger charge is 2.32. The number of hydrogen-bond acceptors (Lipinski definition) is 3. The lowest BCUT2D eigenvalue weighted by Gasteiger charge is -2.33. The van der Waals surface area contributed by atoms with Gasteiger partial charge in [0.05, 0.1) is 0 Å². The van der Waals surface area contributed by atoms with E-state index in [4.69, 9.17) is 9.84 Å². The Morgan fingerprint density at radius 1 is 1.57 bits per heavy atom. The van der Waals surface area contributed by atoms with E-state index < -0.39 is 11.5 Å². The SMILES string of the molecule is COCC(C)CN(C)C(C)(C)C(=O)O. The molecule has 4 nitrogen and oxygen atoms in total. The van der Waals surface area contributed by atoms with Crippen LogP contribution in [0, 0.1) is 5.92 Å². The van der Waals surface area contributed by atoms with E-state index in [-0.39, 0.29) is 0 Å². The average molecular weight is 203 g/mol. The summed E-state index contributed by atoms with van der Waals surface area (Å²) < 4.78 is 5.00. The fourth-order valence-corrected chi connectivity index (χ4v) is 1.20. The van der Waals surface area contributed by atoms with Crippen molar-refractivity contribution in [1.82, 2.24) is 4.90 Å². The molecular formula is C10H21NO3. The second-order valence-corrected chi connectivity index (χ2v) is 4.31. The van der Waals surface area contributed by atoms with Gasteiger partial charge in [-0.1, -0.05) is 6.92 Å². The number of carbonyl (C=O) groups is 1. The third-order valence-electron chi connectivity index (χ3n) is 2.51. The predicted molar refractivity (Wildman–Crippen MR) is 55.4 cm³/mol. The number of carboxylic acids is 1. The van der Waals surface area contributed by atoms with E-state index in [1.807, 2.05) is 18.9 Å². The normalized spacial score (nSPS) is 14.4. The predicted octanol–water partition coefficient (Wildman–Crippen LogP) is 1.06. The Morgan fingerprint density at radius 2 is 2.07 bits per heavy atom. The monoisotopic (exact) mass is 203 g/mol. The first-order valence-corrected chi connectivity index (χ1v) is 4.76. The summed E-state index contributed by atoms with van der Waals surface area (Å²) in [6.45, 7) is 6.81. The molecule has 0 aromatic carbocycles. The van der Waals surface area contributed by atoms with Gasteiger partial charge in [-0.2, -0.15) is 0 Å². The summed E-state index contributed by atoms with van der Waals surface area (Å²) in [6, 6.07) is 0. The molecule has 1 unspecified atom stereocenters. The standard InChI is InChI=1S/C10H21NO3/c1-8(7-14-5)6-11(4)10(2,3)9(12)13/h8H,6-7H2,1-5H3,(H,12,13). The van der Waals surface area contributed by atoms with Crippen molar-refractivity contribution in [1.29, 1.82) is 0 Å².